The van der Waals surface area contributed by atoms with Gasteiger partial charge in [0.25, 0.3) is 0 Å². The number of nitrogens with one attached hydrogen (secondary N) is 3. The fourth-order valence-electron chi connectivity index (χ4n) is 8.10. The Hall–Kier alpha value is -5.76. The van der Waals surface area contributed by atoms with Crippen LogP contribution in [0.4, 0.5) is 0 Å². The van der Waals surface area contributed by atoms with Crippen LogP contribution in [0.5, 0.6) is 0 Å². The summed E-state index contributed by atoms with van der Waals surface area (Å²) in [7, 11) is 0. The Morgan fingerprint density at radius 3 is 1.96 bits per heavy atom. The first-order valence-electron chi connectivity index (χ1n) is 17.4. The molecule has 0 bridgehead atoms. The van der Waals surface area contributed by atoms with Gasteiger partial charge in [-0.2, -0.15) is 0 Å². The fourth-order valence-corrected chi connectivity index (χ4v) is 9.28. The zero-order valence-electron chi connectivity index (χ0n) is 27.4. The summed E-state index contributed by atoms with van der Waals surface area (Å²) in [5, 5.41) is 18.7. The predicted octanol–water partition coefficient (Wildman–Crippen LogP) is 11.7. The molecular weight excluding hydrogens is 647 g/mol. The van der Waals surface area contributed by atoms with Crippen LogP contribution < -0.4 is 16.0 Å². The minimum Gasteiger partial charge on any atom is -0.456 e. The van der Waals surface area contributed by atoms with Crippen LogP contribution in [0.25, 0.3) is 75.2 Å². The molecule has 1 saturated heterocycles. The van der Waals surface area contributed by atoms with E-state index in [2.05, 4.69) is 149 Å². The molecule has 1 aliphatic heterocycles. The van der Waals surface area contributed by atoms with Gasteiger partial charge >= 0.3 is 0 Å². The van der Waals surface area contributed by atoms with E-state index in [4.69, 9.17) is 8.83 Å². The van der Waals surface area contributed by atoms with Gasteiger partial charge in [-0.3, -0.25) is 16.0 Å². The molecule has 10 aromatic rings. The van der Waals surface area contributed by atoms with E-state index < -0.39 is 0 Å². The molecule has 0 amide bonds. The summed E-state index contributed by atoms with van der Waals surface area (Å²) in [5.41, 5.74) is 9.49. The summed E-state index contributed by atoms with van der Waals surface area (Å²) in [6.45, 7) is 0. The lowest BCUT2D eigenvalue weighted by molar-refractivity contribution is 0.204. The number of thiophene rings is 1. The Balaban J connectivity index is 1.03. The monoisotopic (exact) mass is 677 g/mol. The van der Waals surface area contributed by atoms with Crippen molar-refractivity contribution in [3.05, 3.63) is 168 Å². The van der Waals surface area contributed by atoms with Gasteiger partial charge in [-0.25, -0.2) is 0 Å². The summed E-state index contributed by atoms with van der Waals surface area (Å²) in [5.74, 6) is 0. The van der Waals surface area contributed by atoms with E-state index in [0.29, 0.717) is 0 Å². The van der Waals surface area contributed by atoms with E-state index >= 15 is 0 Å². The molecule has 51 heavy (non-hydrogen) atoms. The molecule has 0 radical (unpaired) electrons. The van der Waals surface area contributed by atoms with Crippen LogP contribution >= 0.6 is 11.3 Å². The number of rotatable bonds is 4. The minimum atomic E-state index is -0.139. The van der Waals surface area contributed by atoms with Gasteiger partial charge in [0.2, 0.25) is 0 Å². The smallest absolute Gasteiger partial charge is 0.143 e. The number of fused-ring (bicyclic) bond motifs is 9. The van der Waals surface area contributed by atoms with E-state index in [0.717, 1.165) is 55.0 Å². The highest BCUT2D eigenvalue weighted by Crippen LogP contribution is 2.44. The molecule has 3 N–H and O–H groups in total. The molecule has 0 spiro atoms. The van der Waals surface area contributed by atoms with Crippen molar-refractivity contribution < 1.29 is 8.83 Å². The molecule has 3 unspecified atom stereocenters. The topological polar surface area (TPSA) is 62.4 Å². The first-order valence-corrected chi connectivity index (χ1v) is 18.2. The van der Waals surface area contributed by atoms with Crippen molar-refractivity contribution in [2.75, 3.05) is 0 Å². The lowest BCUT2D eigenvalue weighted by atomic mass is 9.97. The molecule has 0 aliphatic carbocycles. The molecule has 4 heterocycles. The van der Waals surface area contributed by atoms with Crippen molar-refractivity contribution in [2.45, 2.75) is 18.5 Å². The normalized spacial score (nSPS) is 18.2. The number of hydrogen-bond acceptors (Lipinski definition) is 6. The van der Waals surface area contributed by atoms with E-state index in [1.807, 2.05) is 29.5 Å². The maximum Gasteiger partial charge on any atom is 0.143 e. The molecule has 0 saturated carbocycles. The second kappa shape index (κ2) is 11.4. The van der Waals surface area contributed by atoms with Crippen LogP contribution in [0.3, 0.4) is 0 Å². The third-order valence-electron chi connectivity index (χ3n) is 10.4. The molecule has 244 valence electrons. The lowest BCUT2D eigenvalue weighted by Gasteiger charge is -2.40. The fraction of sp³-hybridized carbons (Fsp3) is 0.0667. The molecule has 6 heteroatoms. The molecule has 1 aliphatic rings. The van der Waals surface area contributed by atoms with Gasteiger partial charge in [0, 0.05) is 47.3 Å². The van der Waals surface area contributed by atoms with Gasteiger partial charge < -0.3 is 8.83 Å². The zero-order chi connectivity index (χ0) is 33.5. The van der Waals surface area contributed by atoms with Crippen molar-refractivity contribution >= 4 is 75.4 Å². The highest BCUT2D eigenvalue weighted by atomic mass is 32.1. The molecule has 3 aromatic heterocycles. The summed E-state index contributed by atoms with van der Waals surface area (Å²) < 4.78 is 15.3. The van der Waals surface area contributed by atoms with E-state index in [9.17, 15) is 0 Å². The van der Waals surface area contributed by atoms with E-state index in [-0.39, 0.29) is 18.5 Å². The maximum absolute atomic E-state index is 6.49. The van der Waals surface area contributed by atoms with Crippen LogP contribution in [0.15, 0.2) is 160 Å². The molecule has 3 atom stereocenters. The first-order chi connectivity index (χ1) is 25.3. The second-order valence-corrected chi connectivity index (χ2v) is 14.4. The average molecular weight is 678 g/mol. The van der Waals surface area contributed by atoms with Crippen molar-refractivity contribution in [1.29, 1.82) is 0 Å². The van der Waals surface area contributed by atoms with Gasteiger partial charge in [-0.1, -0.05) is 121 Å². The van der Waals surface area contributed by atoms with E-state index in [1.165, 1.54) is 36.9 Å². The molecular formula is C45H31N3O2S. The summed E-state index contributed by atoms with van der Waals surface area (Å²) >= 11 is 1.84. The SMILES string of the molecule is c1ccc(C2NC(c3ccc4c(c3)sc3cccc(-c5cccc6c5oc5ccccc56)c34)NC(c3cccc4oc5ccccc5c34)N2)cc1. The molecule has 11 rings (SSSR count). The Kier molecular flexibility index (Phi) is 6.48. The second-order valence-electron chi connectivity index (χ2n) is 13.3. The first kappa shape index (κ1) is 29.0. The van der Waals surface area contributed by atoms with Crippen LogP contribution in [-0.2, 0) is 0 Å². The Morgan fingerprint density at radius 2 is 1.08 bits per heavy atom. The maximum atomic E-state index is 6.49. The Bertz CT molecular complexity index is 2940. The Morgan fingerprint density at radius 1 is 0.412 bits per heavy atom. The third-order valence-corrected chi connectivity index (χ3v) is 11.5. The van der Waals surface area contributed by atoms with E-state index in [1.54, 1.807) is 0 Å². The van der Waals surface area contributed by atoms with Gasteiger partial charge in [0.05, 0.1) is 18.5 Å². The number of hydrogen-bond donors (Lipinski definition) is 3. The van der Waals surface area contributed by atoms with Gasteiger partial charge in [0.15, 0.2) is 0 Å². The van der Waals surface area contributed by atoms with Crippen molar-refractivity contribution in [3.63, 3.8) is 0 Å². The molecule has 5 nitrogen and oxygen atoms in total. The number of benzene rings is 7. The molecule has 1 fully saturated rings. The van der Waals surface area contributed by atoms with Gasteiger partial charge in [-0.05, 0) is 52.6 Å². The summed E-state index contributed by atoms with van der Waals surface area (Å²) in [6.07, 6.45) is -0.335. The van der Waals surface area contributed by atoms with Crippen LogP contribution in [0.1, 0.15) is 35.2 Å². The van der Waals surface area contributed by atoms with Crippen molar-refractivity contribution in [3.8, 4) is 11.1 Å². The quantitative estimate of drug-likeness (QED) is 0.173. The van der Waals surface area contributed by atoms with Crippen LogP contribution in [0.2, 0.25) is 0 Å². The zero-order valence-corrected chi connectivity index (χ0v) is 28.2. The van der Waals surface area contributed by atoms with Crippen molar-refractivity contribution in [1.82, 2.24) is 16.0 Å². The van der Waals surface area contributed by atoms with Gasteiger partial charge in [0.1, 0.15) is 22.3 Å². The molecule has 7 aromatic carbocycles. The average Bonchev–Trinajstić information content (AvgIpc) is 3.89. The highest BCUT2D eigenvalue weighted by molar-refractivity contribution is 7.26. The number of furan rings is 2. The van der Waals surface area contributed by atoms with Gasteiger partial charge in [-0.15, -0.1) is 11.3 Å². The summed E-state index contributed by atoms with van der Waals surface area (Å²) in [6, 6.07) is 53.6. The van der Waals surface area contributed by atoms with Crippen LogP contribution in [-0.4, -0.2) is 0 Å². The van der Waals surface area contributed by atoms with Crippen molar-refractivity contribution in [2.24, 2.45) is 0 Å². The minimum absolute atomic E-state index is 0.0788. The Labute approximate surface area is 297 Å². The third kappa shape index (κ3) is 4.58. The highest BCUT2D eigenvalue weighted by Gasteiger charge is 2.31. The van der Waals surface area contributed by atoms with Crippen LogP contribution in [0, 0.1) is 0 Å². The largest absolute Gasteiger partial charge is 0.456 e. The number of para-hydroxylation sites is 3. The standard InChI is InChI=1S/C45H31N3O2S/c1-2-11-26(12-3-1)43-46-44(48-45(47-43)34-18-9-21-37-40(34)32-14-5-7-20-36(32)49-37)27-23-24-33-39(25-27)51-38-22-10-15-29(41(33)38)31-17-8-16-30-28-13-4-6-19-35(28)50-42(30)31/h1-25,43-48H. The predicted molar refractivity (Wildman–Crippen MR) is 210 cm³/mol. The lowest BCUT2D eigenvalue weighted by Crippen LogP contribution is -2.54. The summed E-state index contributed by atoms with van der Waals surface area (Å²) in [4.78, 5) is 0.